The van der Waals surface area contributed by atoms with Crippen LogP contribution in [0.1, 0.15) is 28.4 Å². The zero-order valence-corrected chi connectivity index (χ0v) is 17.7. The number of rotatable bonds is 6. The third-order valence-electron chi connectivity index (χ3n) is 5.19. The number of benzene rings is 3. The van der Waals surface area contributed by atoms with Crippen LogP contribution < -0.4 is 10.2 Å². The van der Waals surface area contributed by atoms with Gasteiger partial charge in [-0.3, -0.25) is 9.59 Å². The number of para-hydroxylation sites is 2. The average molecular weight is 417 g/mol. The van der Waals surface area contributed by atoms with E-state index in [0.29, 0.717) is 11.3 Å². The van der Waals surface area contributed by atoms with Gasteiger partial charge in [-0.1, -0.05) is 48.5 Å². The van der Waals surface area contributed by atoms with Gasteiger partial charge in [0, 0.05) is 28.7 Å². The Bertz CT molecular complexity index is 1030. The van der Waals surface area contributed by atoms with E-state index in [4.69, 9.17) is 0 Å². The molecule has 1 aliphatic rings. The second-order valence-corrected chi connectivity index (χ2v) is 8.45. The van der Waals surface area contributed by atoms with Crippen LogP contribution in [0, 0.1) is 0 Å². The van der Waals surface area contributed by atoms with Crippen LogP contribution in [0.5, 0.6) is 0 Å². The van der Waals surface area contributed by atoms with Crippen molar-refractivity contribution in [2.75, 3.05) is 16.0 Å². The second-order valence-electron chi connectivity index (χ2n) is 7.46. The maximum Gasteiger partial charge on any atom is 0.258 e. The molecule has 0 aromatic heterocycles. The summed E-state index contributed by atoms with van der Waals surface area (Å²) in [7, 11) is 0. The molecule has 3 aromatic rings. The van der Waals surface area contributed by atoms with E-state index >= 15 is 0 Å². The molecule has 1 heterocycles. The van der Waals surface area contributed by atoms with E-state index in [-0.39, 0.29) is 17.9 Å². The Hall–Kier alpha value is -3.05. The highest BCUT2D eigenvalue weighted by atomic mass is 32.2. The summed E-state index contributed by atoms with van der Waals surface area (Å²) in [5, 5.41) is 2.89. The van der Waals surface area contributed by atoms with Crippen LogP contribution in [0.3, 0.4) is 0 Å². The van der Waals surface area contributed by atoms with E-state index in [1.807, 2.05) is 77.7 Å². The zero-order chi connectivity index (χ0) is 20.9. The minimum Gasteiger partial charge on any atom is -0.325 e. The lowest BCUT2D eigenvalue weighted by atomic mass is 10.1. The van der Waals surface area contributed by atoms with Gasteiger partial charge in [0.25, 0.3) is 5.91 Å². The number of hydrogen-bond donors (Lipinski definition) is 1. The van der Waals surface area contributed by atoms with E-state index in [1.54, 1.807) is 11.8 Å². The van der Waals surface area contributed by atoms with Crippen LogP contribution >= 0.6 is 11.8 Å². The Balaban J connectivity index is 1.32. The van der Waals surface area contributed by atoms with E-state index < -0.39 is 0 Å². The molecule has 4 nitrogen and oxygen atoms in total. The first-order valence-electron chi connectivity index (χ1n) is 10.0. The summed E-state index contributed by atoms with van der Waals surface area (Å²) in [6.07, 6.45) is 0.891. The van der Waals surface area contributed by atoms with Crippen LogP contribution in [-0.4, -0.2) is 23.6 Å². The summed E-state index contributed by atoms with van der Waals surface area (Å²) in [6.45, 7) is 2.09. The minimum atomic E-state index is -0.0142. The zero-order valence-electron chi connectivity index (χ0n) is 16.9. The maximum atomic E-state index is 13.1. The largest absolute Gasteiger partial charge is 0.325 e. The van der Waals surface area contributed by atoms with Crippen molar-refractivity contribution in [3.8, 4) is 0 Å². The van der Waals surface area contributed by atoms with E-state index in [9.17, 15) is 9.59 Å². The molecule has 1 aliphatic heterocycles. The van der Waals surface area contributed by atoms with Crippen LogP contribution in [0.4, 0.5) is 11.4 Å². The highest BCUT2D eigenvalue weighted by Gasteiger charge is 2.31. The van der Waals surface area contributed by atoms with Crippen molar-refractivity contribution >= 4 is 35.0 Å². The Morgan fingerprint density at radius 2 is 1.67 bits per heavy atom. The number of carbonyl (C=O) groups excluding carboxylic acids is 2. The number of hydrogen-bond acceptors (Lipinski definition) is 3. The topological polar surface area (TPSA) is 49.4 Å². The molecule has 0 aliphatic carbocycles. The molecule has 2 amide bonds. The molecule has 1 atom stereocenters. The first kappa shape index (κ1) is 20.2. The van der Waals surface area contributed by atoms with E-state index in [0.717, 1.165) is 29.1 Å². The number of nitrogens with one attached hydrogen (secondary N) is 1. The van der Waals surface area contributed by atoms with Crippen molar-refractivity contribution in [1.29, 1.82) is 0 Å². The van der Waals surface area contributed by atoms with Gasteiger partial charge < -0.3 is 10.2 Å². The monoisotopic (exact) mass is 416 g/mol. The molecule has 1 unspecified atom stereocenters. The molecular formula is C25H24N2O2S. The van der Waals surface area contributed by atoms with Gasteiger partial charge in [0.15, 0.2) is 0 Å². The Labute approximate surface area is 181 Å². The maximum absolute atomic E-state index is 13.1. The third-order valence-corrected chi connectivity index (χ3v) is 6.19. The van der Waals surface area contributed by atoms with Crippen LogP contribution in [0.25, 0.3) is 0 Å². The molecule has 0 saturated carbocycles. The van der Waals surface area contributed by atoms with Crippen LogP contribution in [0.2, 0.25) is 0 Å². The highest BCUT2D eigenvalue weighted by molar-refractivity contribution is 7.99. The van der Waals surface area contributed by atoms with Gasteiger partial charge in [0.1, 0.15) is 0 Å². The lowest BCUT2D eigenvalue weighted by Crippen LogP contribution is -2.35. The normalized spacial score (nSPS) is 15.0. The molecule has 5 heteroatoms. The SMILES string of the molecule is CC1Cc2ccccc2N1C(=O)c1ccc(CSCC(=O)Nc2ccccc2)cc1. The van der Waals surface area contributed by atoms with Crippen molar-refractivity contribution in [2.24, 2.45) is 0 Å². The van der Waals surface area contributed by atoms with Crippen LogP contribution in [0.15, 0.2) is 78.9 Å². The van der Waals surface area contributed by atoms with Gasteiger partial charge in [0.05, 0.1) is 5.75 Å². The van der Waals surface area contributed by atoms with E-state index in [2.05, 4.69) is 18.3 Å². The molecule has 0 fully saturated rings. The summed E-state index contributed by atoms with van der Waals surface area (Å²) < 4.78 is 0. The number of fused-ring (bicyclic) bond motifs is 1. The first-order valence-corrected chi connectivity index (χ1v) is 11.2. The molecule has 152 valence electrons. The molecule has 1 N–H and O–H groups in total. The number of nitrogens with zero attached hydrogens (tertiary/aromatic N) is 1. The van der Waals surface area contributed by atoms with Crippen molar-refractivity contribution in [2.45, 2.75) is 25.1 Å². The van der Waals surface area contributed by atoms with Crippen molar-refractivity contribution in [3.05, 3.63) is 95.6 Å². The Morgan fingerprint density at radius 3 is 2.43 bits per heavy atom. The number of carbonyl (C=O) groups is 2. The lowest BCUT2D eigenvalue weighted by Gasteiger charge is -2.23. The number of anilines is 2. The van der Waals surface area contributed by atoms with Gasteiger partial charge in [-0.05, 0) is 54.8 Å². The van der Waals surface area contributed by atoms with Gasteiger partial charge in [0.2, 0.25) is 5.91 Å². The standard InChI is InChI=1S/C25H24N2O2S/c1-18-15-21-7-5-6-10-23(21)27(18)25(29)20-13-11-19(12-14-20)16-30-17-24(28)26-22-8-3-2-4-9-22/h2-14,18H,15-17H2,1H3,(H,26,28). The summed E-state index contributed by atoms with van der Waals surface area (Å²) >= 11 is 1.56. The molecule has 0 spiro atoms. The van der Waals surface area contributed by atoms with Gasteiger partial charge in [-0.15, -0.1) is 11.8 Å². The molecule has 0 radical (unpaired) electrons. The first-order chi connectivity index (χ1) is 14.6. The predicted molar refractivity (Wildman–Crippen MR) is 124 cm³/mol. The van der Waals surface area contributed by atoms with Crippen LogP contribution in [-0.2, 0) is 17.0 Å². The molecule has 4 rings (SSSR count). The fourth-order valence-electron chi connectivity index (χ4n) is 3.74. The smallest absolute Gasteiger partial charge is 0.258 e. The van der Waals surface area contributed by atoms with Gasteiger partial charge >= 0.3 is 0 Å². The molecule has 30 heavy (non-hydrogen) atoms. The molecule has 3 aromatic carbocycles. The Kier molecular flexibility index (Phi) is 6.19. The number of thioether (sulfide) groups is 1. The van der Waals surface area contributed by atoms with Gasteiger partial charge in [-0.25, -0.2) is 0 Å². The van der Waals surface area contributed by atoms with Crippen molar-refractivity contribution < 1.29 is 9.59 Å². The summed E-state index contributed by atoms with van der Waals surface area (Å²) in [6, 6.07) is 25.4. The predicted octanol–water partition coefficient (Wildman–Crippen LogP) is 5.15. The Morgan fingerprint density at radius 1 is 0.967 bits per heavy atom. The van der Waals surface area contributed by atoms with Gasteiger partial charge in [-0.2, -0.15) is 0 Å². The minimum absolute atomic E-state index is 0.0142. The molecular weight excluding hydrogens is 392 g/mol. The quantitative estimate of drug-likeness (QED) is 0.605. The fourth-order valence-corrected chi connectivity index (χ4v) is 4.53. The molecule has 0 bridgehead atoms. The van der Waals surface area contributed by atoms with Crippen molar-refractivity contribution in [1.82, 2.24) is 0 Å². The second kappa shape index (κ2) is 9.18. The average Bonchev–Trinajstić information content (AvgIpc) is 3.10. The summed E-state index contributed by atoms with van der Waals surface area (Å²) in [5.74, 6) is 1.13. The van der Waals surface area contributed by atoms with Crippen molar-refractivity contribution in [3.63, 3.8) is 0 Å². The lowest BCUT2D eigenvalue weighted by molar-refractivity contribution is -0.113. The fraction of sp³-hybridized carbons (Fsp3) is 0.200. The third kappa shape index (κ3) is 4.57. The molecule has 0 saturated heterocycles. The summed E-state index contributed by atoms with van der Waals surface area (Å²) in [5.41, 5.74) is 4.83. The highest BCUT2D eigenvalue weighted by Crippen LogP contribution is 2.33. The summed E-state index contributed by atoms with van der Waals surface area (Å²) in [4.78, 5) is 27.0. The van der Waals surface area contributed by atoms with E-state index in [1.165, 1.54) is 5.56 Å². The number of amides is 2.